The Hall–Kier alpha value is -2.52. The molecular formula is C25H31ClF3N3O3. The van der Waals surface area contributed by atoms with Gasteiger partial charge in [0, 0.05) is 38.9 Å². The van der Waals surface area contributed by atoms with E-state index in [9.17, 15) is 18.0 Å². The number of rotatable bonds is 7. The maximum absolute atomic E-state index is 12.9. The lowest BCUT2D eigenvalue weighted by Crippen LogP contribution is -2.46. The number of nitrogens with zero attached hydrogens (tertiary/aromatic N) is 3. The molecule has 2 heterocycles. The molecule has 0 saturated carbocycles. The summed E-state index contributed by atoms with van der Waals surface area (Å²) in [6.45, 7) is 12.7. The van der Waals surface area contributed by atoms with E-state index >= 15 is 0 Å². The number of benzene rings is 1. The van der Waals surface area contributed by atoms with Crippen molar-refractivity contribution in [1.29, 1.82) is 0 Å². The number of aryl methyl sites for hydroxylation is 2. The number of alkyl halides is 3. The number of carbonyl (C=O) groups excluding carboxylic acids is 1. The van der Waals surface area contributed by atoms with Crippen LogP contribution in [-0.4, -0.2) is 54.2 Å². The molecule has 192 valence electrons. The lowest BCUT2D eigenvalue weighted by Gasteiger charge is -2.36. The minimum absolute atomic E-state index is 0.000792. The summed E-state index contributed by atoms with van der Waals surface area (Å²) in [5.74, 6) is 0.625. The fraction of sp³-hybridized carbons (Fsp3) is 0.520. The number of esters is 1. The molecule has 3 rings (SSSR count). The Morgan fingerprint density at radius 2 is 1.69 bits per heavy atom. The zero-order valence-corrected chi connectivity index (χ0v) is 21.4. The van der Waals surface area contributed by atoms with Crippen LogP contribution in [0.25, 0.3) is 0 Å². The van der Waals surface area contributed by atoms with Gasteiger partial charge in [0.15, 0.2) is 5.60 Å². The van der Waals surface area contributed by atoms with E-state index in [2.05, 4.69) is 9.88 Å². The number of hydrogen-bond acceptors (Lipinski definition) is 6. The summed E-state index contributed by atoms with van der Waals surface area (Å²) < 4.78 is 49.8. The van der Waals surface area contributed by atoms with Gasteiger partial charge in [-0.25, -0.2) is 9.78 Å². The Morgan fingerprint density at radius 3 is 2.20 bits per heavy atom. The van der Waals surface area contributed by atoms with Crippen LogP contribution in [-0.2, 0) is 22.3 Å². The predicted octanol–water partition coefficient (Wildman–Crippen LogP) is 5.41. The SMILES string of the molecule is CCOC(=O)C(C)(C)Oc1c(C)cc(CN2CCN(c3ncc(C(F)(F)F)cc3Cl)CC2)cc1C. The summed E-state index contributed by atoms with van der Waals surface area (Å²) in [7, 11) is 0. The van der Waals surface area contributed by atoms with E-state index in [1.54, 1.807) is 20.8 Å². The van der Waals surface area contributed by atoms with Crippen molar-refractivity contribution in [2.24, 2.45) is 0 Å². The van der Waals surface area contributed by atoms with Crippen LogP contribution in [0, 0.1) is 13.8 Å². The third-order valence-electron chi connectivity index (χ3n) is 5.87. The van der Waals surface area contributed by atoms with E-state index in [1.165, 1.54) is 0 Å². The second-order valence-electron chi connectivity index (χ2n) is 9.18. The molecule has 0 radical (unpaired) electrons. The number of anilines is 1. The maximum Gasteiger partial charge on any atom is 0.417 e. The summed E-state index contributed by atoms with van der Waals surface area (Å²) in [5, 5.41) is 0.000792. The predicted molar refractivity (Wildman–Crippen MR) is 129 cm³/mol. The number of piperazine rings is 1. The first-order valence-corrected chi connectivity index (χ1v) is 11.9. The van der Waals surface area contributed by atoms with Gasteiger partial charge in [0.05, 0.1) is 17.2 Å². The molecule has 0 N–H and O–H groups in total. The van der Waals surface area contributed by atoms with Crippen LogP contribution < -0.4 is 9.64 Å². The van der Waals surface area contributed by atoms with Crippen LogP contribution in [0.15, 0.2) is 24.4 Å². The number of hydrogen-bond donors (Lipinski definition) is 0. The quantitative estimate of drug-likeness (QED) is 0.461. The van der Waals surface area contributed by atoms with Crippen molar-refractivity contribution < 1.29 is 27.4 Å². The van der Waals surface area contributed by atoms with Gasteiger partial charge in [0.2, 0.25) is 0 Å². The van der Waals surface area contributed by atoms with Crippen LogP contribution in [0.5, 0.6) is 5.75 Å². The lowest BCUT2D eigenvalue weighted by atomic mass is 10.0. The van der Waals surface area contributed by atoms with Crippen molar-refractivity contribution in [3.63, 3.8) is 0 Å². The van der Waals surface area contributed by atoms with Gasteiger partial charge >= 0.3 is 12.1 Å². The Bertz CT molecular complexity index is 1040. The molecule has 0 atom stereocenters. The fourth-order valence-corrected chi connectivity index (χ4v) is 4.37. The Morgan fingerprint density at radius 1 is 1.09 bits per heavy atom. The summed E-state index contributed by atoms with van der Waals surface area (Å²) in [5.41, 5.74) is 1.01. The number of carbonyl (C=O) groups is 1. The molecule has 0 bridgehead atoms. The first-order valence-electron chi connectivity index (χ1n) is 11.5. The van der Waals surface area contributed by atoms with Gasteiger partial charge in [-0.05, 0) is 57.4 Å². The van der Waals surface area contributed by atoms with E-state index in [0.717, 1.165) is 29.0 Å². The highest BCUT2D eigenvalue weighted by Gasteiger charge is 2.33. The van der Waals surface area contributed by atoms with Crippen molar-refractivity contribution in [3.05, 3.63) is 51.7 Å². The molecule has 1 saturated heterocycles. The van der Waals surface area contributed by atoms with Crippen LogP contribution in [0.1, 0.15) is 43.0 Å². The summed E-state index contributed by atoms with van der Waals surface area (Å²) in [6, 6.07) is 5.02. The molecule has 0 unspecified atom stereocenters. The van der Waals surface area contributed by atoms with Gasteiger partial charge < -0.3 is 14.4 Å². The van der Waals surface area contributed by atoms with E-state index in [-0.39, 0.29) is 11.6 Å². The molecule has 2 aromatic rings. The highest BCUT2D eigenvalue weighted by Crippen LogP contribution is 2.34. The number of aromatic nitrogens is 1. The maximum atomic E-state index is 12.9. The van der Waals surface area contributed by atoms with Gasteiger partial charge in [0.1, 0.15) is 11.6 Å². The van der Waals surface area contributed by atoms with Gasteiger partial charge in [0.25, 0.3) is 0 Å². The first kappa shape index (κ1) is 27.1. The van der Waals surface area contributed by atoms with Crippen molar-refractivity contribution in [3.8, 4) is 5.75 Å². The normalized spacial score (nSPS) is 15.3. The molecule has 1 aliphatic heterocycles. The van der Waals surface area contributed by atoms with Gasteiger partial charge in [-0.15, -0.1) is 0 Å². The minimum Gasteiger partial charge on any atom is -0.476 e. The summed E-state index contributed by atoms with van der Waals surface area (Å²) in [4.78, 5) is 20.4. The molecule has 1 aromatic heterocycles. The fourth-order valence-electron chi connectivity index (χ4n) is 4.09. The van der Waals surface area contributed by atoms with E-state index < -0.39 is 23.3 Å². The average Bonchev–Trinajstić information content (AvgIpc) is 2.76. The van der Waals surface area contributed by atoms with Gasteiger partial charge in [-0.1, -0.05) is 23.7 Å². The third-order valence-corrected chi connectivity index (χ3v) is 6.15. The summed E-state index contributed by atoms with van der Waals surface area (Å²) >= 11 is 6.11. The molecule has 0 spiro atoms. The number of ether oxygens (including phenoxy) is 2. The second kappa shape index (κ2) is 10.6. The van der Waals surface area contributed by atoms with Gasteiger partial charge in [-0.2, -0.15) is 13.2 Å². The summed E-state index contributed by atoms with van der Waals surface area (Å²) in [6.07, 6.45) is -3.65. The van der Waals surface area contributed by atoms with Crippen LogP contribution in [0.3, 0.4) is 0 Å². The number of halogens is 4. The highest BCUT2D eigenvalue weighted by molar-refractivity contribution is 6.33. The van der Waals surface area contributed by atoms with Crippen LogP contribution in [0.4, 0.5) is 19.0 Å². The van der Waals surface area contributed by atoms with E-state index in [1.807, 2.05) is 30.9 Å². The van der Waals surface area contributed by atoms with Crippen LogP contribution >= 0.6 is 11.6 Å². The van der Waals surface area contributed by atoms with Crippen molar-refractivity contribution in [1.82, 2.24) is 9.88 Å². The monoisotopic (exact) mass is 513 g/mol. The average molecular weight is 514 g/mol. The Kier molecular flexibility index (Phi) is 8.21. The molecule has 1 fully saturated rings. The smallest absolute Gasteiger partial charge is 0.417 e. The highest BCUT2D eigenvalue weighted by atomic mass is 35.5. The van der Waals surface area contributed by atoms with Crippen LogP contribution in [0.2, 0.25) is 5.02 Å². The van der Waals surface area contributed by atoms with Crippen molar-refractivity contribution >= 4 is 23.4 Å². The Labute approximate surface area is 209 Å². The zero-order chi connectivity index (χ0) is 26.0. The third kappa shape index (κ3) is 6.58. The lowest BCUT2D eigenvalue weighted by molar-refractivity contribution is -0.158. The standard InChI is InChI=1S/C25H31ClF3N3O3/c1-6-34-23(33)24(4,5)35-21-16(2)11-18(12-17(21)3)15-31-7-9-32(10-8-31)22-20(26)13-19(14-30-22)25(27,28)29/h11-14H,6-10,15H2,1-5H3. The molecule has 1 aromatic carbocycles. The molecule has 0 aliphatic carbocycles. The van der Waals surface area contributed by atoms with E-state index in [4.69, 9.17) is 21.1 Å². The van der Waals surface area contributed by atoms with Crippen molar-refractivity contribution in [2.45, 2.75) is 52.9 Å². The topological polar surface area (TPSA) is 54.9 Å². The second-order valence-corrected chi connectivity index (χ2v) is 9.59. The zero-order valence-electron chi connectivity index (χ0n) is 20.6. The Balaban J connectivity index is 1.63. The molecular weight excluding hydrogens is 483 g/mol. The molecule has 1 aliphatic rings. The first-order chi connectivity index (χ1) is 16.3. The minimum atomic E-state index is -4.47. The van der Waals surface area contributed by atoms with E-state index in [0.29, 0.717) is 44.3 Å². The molecule has 0 amide bonds. The molecule has 35 heavy (non-hydrogen) atoms. The number of pyridine rings is 1. The molecule has 6 nitrogen and oxygen atoms in total. The van der Waals surface area contributed by atoms with Gasteiger partial charge in [-0.3, -0.25) is 4.90 Å². The molecule has 10 heteroatoms. The van der Waals surface area contributed by atoms with Crippen molar-refractivity contribution in [2.75, 3.05) is 37.7 Å². The largest absolute Gasteiger partial charge is 0.476 e.